The Morgan fingerprint density at radius 2 is 1.86 bits per heavy atom. The second kappa shape index (κ2) is 11.0. The lowest BCUT2D eigenvalue weighted by Crippen LogP contribution is -2.30. The van der Waals surface area contributed by atoms with Crippen molar-refractivity contribution in [3.63, 3.8) is 0 Å². The average Bonchev–Trinajstić information content (AvgIpc) is 3.39. The van der Waals surface area contributed by atoms with E-state index in [2.05, 4.69) is 10.4 Å². The number of carbonyl (C=O) groups excluding carboxylic acids is 1. The Kier molecular flexibility index (Phi) is 8.27. The molecule has 0 bridgehead atoms. The van der Waals surface area contributed by atoms with E-state index >= 15 is 0 Å². The highest BCUT2D eigenvalue weighted by Gasteiger charge is 2.32. The molecule has 1 aromatic heterocycles. The van der Waals surface area contributed by atoms with Gasteiger partial charge in [-0.2, -0.15) is 5.10 Å². The summed E-state index contributed by atoms with van der Waals surface area (Å²) in [5.41, 5.74) is 3.40. The van der Waals surface area contributed by atoms with Crippen molar-refractivity contribution in [1.29, 1.82) is 0 Å². The van der Waals surface area contributed by atoms with Crippen LogP contribution in [0.5, 0.6) is 0 Å². The molecule has 6 nitrogen and oxygen atoms in total. The third-order valence-corrected chi connectivity index (χ3v) is 5.99. The number of rotatable bonds is 7. The quantitative estimate of drug-likeness (QED) is 0.475. The number of anilines is 1. The van der Waals surface area contributed by atoms with Gasteiger partial charge in [-0.05, 0) is 31.0 Å². The Hall–Kier alpha value is -3.26. The van der Waals surface area contributed by atoms with Crippen LogP contribution in [0.2, 0.25) is 0 Å². The summed E-state index contributed by atoms with van der Waals surface area (Å²) in [5, 5.41) is 17.3. The Morgan fingerprint density at radius 3 is 2.49 bits per heavy atom. The van der Waals surface area contributed by atoms with Crippen LogP contribution in [0.3, 0.4) is 0 Å². The van der Waals surface area contributed by atoms with Crippen LogP contribution in [0.1, 0.15) is 72.0 Å². The summed E-state index contributed by atoms with van der Waals surface area (Å²) >= 11 is 0. The Labute approximate surface area is 205 Å². The van der Waals surface area contributed by atoms with Crippen molar-refractivity contribution in [3.8, 4) is 0 Å². The van der Waals surface area contributed by atoms with E-state index in [0.29, 0.717) is 42.3 Å². The van der Waals surface area contributed by atoms with Gasteiger partial charge in [0, 0.05) is 25.6 Å². The summed E-state index contributed by atoms with van der Waals surface area (Å²) in [6.07, 6.45) is 0. The highest BCUT2D eigenvalue weighted by Crippen LogP contribution is 2.32. The van der Waals surface area contributed by atoms with Crippen LogP contribution in [0.25, 0.3) is 0 Å². The zero-order valence-electron chi connectivity index (χ0n) is 21.0. The number of carbonyl (C=O) groups is 1. The van der Waals surface area contributed by atoms with E-state index in [1.54, 1.807) is 16.8 Å². The van der Waals surface area contributed by atoms with Crippen LogP contribution in [-0.4, -0.2) is 27.3 Å². The van der Waals surface area contributed by atoms with Gasteiger partial charge in [-0.1, -0.05) is 61.9 Å². The van der Waals surface area contributed by atoms with Crippen molar-refractivity contribution in [2.45, 2.75) is 66.3 Å². The zero-order chi connectivity index (χ0) is 25.8. The maximum absolute atomic E-state index is 13.8. The largest absolute Gasteiger partial charge is 0.390 e. The predicted octanol–water partition coefficient (Wildman–Crippen LogP) is 5.33. The SMILES string of the molecule is CC.Cc1ccc([C@H](C)NC(=O)c2c(CO)nn3c2N(Cc2cccc(C(C)(F)F)c2)CC3)cc1. The Morgan fingerprint density at radius 1 is 1.17 bits per heavy atom. The molecule has 2 heterocycles. The second-order valence-electron chi connectivity index (χ2n) is 8.64. The summed E-state index contributed by atoms with van der Waals surface area (Å²) in [6, 6.07) is 14.0. The molecule has 1 aliphatic rings. The highest BCUT2D eigenvalue weighted by molar-refractivity contribution is 6.00. The van der Waals surface area contributed by atoms with E-state index in [0.717, 1.165) is 18.1 Å². The van der Waals surface area contributed by atoms with Crippen molar-refractivity contribution in [3.05, 3.63) is 82.0 Å². The van der Waals surface area contributed by atoms with Gasteiger partial charge in [0.1, 0.15) is 17.1 Å². The van der Waals surface area contributed by atoms with Gasteiger partial charge in [0.05, 0.1) is 19.2 Å². The number of nitrogens with one attached hydrogen (secondary N) is 1. The molecular formula is C27H34F2N4O2. The molecule has 2 aromatic carbocycles. The summed E-state index contributed by atoms with van der Waals surface area (Å²) in [4.78, 5) is 15.2. The predicted molar refractivity (Wildman–Crippen MR) is 134 cm³/mol. The molecule has 35 heavy (non-hydrogen) atoms. The fraction of sp³-hybridized carbons (Fsp3) is 0.407. The molecule has 0 radical (unpaired) electrons. The molecule has 2 N–H and O–H groups in total. The third-order valence-electron chi connectivity index (χ3n) is 5.99. The highest BCUT2D eigenvalue weighted by atomic mass is 19.3. The first kappa shape index (κ1) is 26.3. The van der Waals surface area contributed by atoms with Gasteiger partial charge in [0.25, 0.3) is 11.8 Å². The van der Waals surface area contributed by atoms with E-state index in [1.165, 1.54) is 12.1 Å². The molecular weight excluding hydrogens is 450 g/mol. The first-order valence-electron chi connectivity index (χ1n) is 12.0. The first-order valence-corrected chi connectivity index (χ1v) is 12.0. The summed E-state index contributed by atoms with van der Waals surface area (Å²) in [7, 11) is 0. The van der Waals surface area contributed by atoms with E-state index in [1.807, 2.05) is 56.9 Å². The zero-order valence-corrected chi connectivity index (χ0v) is 21.0. The van der Waals surface area contributed by atoms with Crippen LogP contribution in [-0.2, 0) is 25.6 Å². The molecule has 0 saturated heterocycles. The van der Waals surface area contributed by atoms with Gasteiger partial charge in [0.15, 0.2) is 0 Å². The molecule has 0 unspecified atom stereocenters. The second-order valence-corrected chi connectivity index (χ2v) is 8.64. The van der Waals surface area contributed by atoms with Gasteiger partial charge in [0.2, 0.25) is 0 Å². The molecule has 3 aromatic rings. The maximum atomic E-state index is 13.8. The minimum atomic E-state index is -2.93. The van der Waals surface area contributed by atoms with Crippen LogP contribution in [0, 0.1) is 6.92 Å². The number of nitrogens with zero attached hydrogens (tertiary/aromatic N) is 3. The maximum Gasteiger partial charge on any atom is 0.270 e. The topological polar surface area (TPSA) is 70.4 Å². The number of benzene rings is 2. The number of alkyl halides is 2. The normalized spacial score (nSPS) is 13.7. The molecule has 4 rings (SSSR count). The number of aromatic nitrogens is 2. The third kappa shape index (κ3) is 5.88. The lowest BCUT2D eigenvalue weighted by atomic mass is 10.1. The standard InChI is InChI=1S/C25H28F2N4O2.C2H6/c1-16-7-9-19(10-8-16)17(2)28-23(33)22-21(15-32)29-31-12-11-30(24(22)31)14-18-5-4-6-20(13-18)25(3,26)27;1-2/h4-10,13,17,32H,11-12,14-15H2,1-3H3,(H,28,33);1-2H3/t17-;/m0./s1. The summed E-state index contributed by atoms with van der Waals surface area (Å²) in [5.74, 6) is -2.65. The minimum absolute atomic E-state index is 0.0476. The van der Waals surface area contributed by atoms with Crippen molar-refractivity contribution < 1.29 is 18.7 Å². The van der Waals surface area contributed by atoms with Gasteiger partial charge < -0.3 is 15.3 Å². The van der Waals surface area contributed by atoms with Gasteiger partial charge >= 0.3 is 0 Å². The van der Waals surface area contributed by atoms with Crippen LogP contribution >= 0.6 is 0 Å². The van der Waals surface area contributed by atoms with Crippen molar-refractivity contribution in [2.75, 3.05) is 11.4 Å². The van der Waals surface area contributed by atoms with E-state index < -0.39 is 5.92 Å². The molecule has 0 aliphatic carbocycles. The molecule has 1 atom stereocenters. The van der Waals surface area contributed by atoms with Crippen LogP contribution in [0.15, 0.2) is 48.5 Å². The summed E-state index contributed by atoms with van der Waals surface area (Å²) < 4.78 is 29.3. The minimum Gasteiger partial charge on any atom is -0.390 e. The van der Waals surface area contributed by atoms with Gasteiger partial charge in [-0.15, -0.1) is 0 Å². The molecule has 0 fully saturated rings. The smallest absolute Gasteiger partial charge is 0.270 e. The monoisotopic (exact) mass is 484 g/mol. The molecule has 1 aliphatic heterocycles. The van der Waals surface area contributed by atoms with Gasteiger partial charge in [-0.25, -0.2) is 13.5 Å². The van der Waals surface area contributed by atoms with Crippen molar-refractivity contribution in [2.24, 2.45) is 0 Å². The molecule has 0 saturated carbocycles. The van der Waals surface area contributed by atoms with Crippen molar-refractivity contribution >= 4 is 11.7 Å². The number of hydrogen-bond donors (Lipinski definition) is 2. The van der Waals surface area contributed by atoms with Crippen LogP contribution in [0.4, 0.5) is 14.6 Å². The number of aryl methyl sites for hydroxylation is 1. The Balaban J connectivity index is 0.00000167. The van der Waals surface area contributed by atoms with Crippen LogP contribution < -0.4 is 10.2 Å². The molecule has 8 heteroatoms. The van der Waals surface area contributed by atoms with E-state index in [9.17, 15) is 18.7 Å². The summed E-state index contributed by atoms with van der Waals surface area (Å²) in [6.45, 7) is 9.91. The Bertz CT molecular complexity index is 1150. The van der Waals surface area contributed by atoms with Gasteiger partial charge in [-0.3, -0.25) is 4.79 Å². The molecule has 0 spiro atoms. The number of fused-ring (bicyclic) bond motifs is 1. The lowest BCUT2D eigenvalue weighted by Gasteiger charge is -2.21. The fourth-order valence-electron chi connectivity index (χ4n) is 4.17. The number of hydrogen-bond acceptors (Lipinski definition) is 4. The van der Waals surface area contributed by atoms with Crippen molar-refractivity contribution in [1.82, 2.24) is 15.1 Å². The number of halogens is 2. The molecule has 1 amide bonds. The lowest BCUT2D eigenvalue weighted by molar-refractivity contribution is 0.0174. The number of aliphatic hydroxyl groups is 1. The van der Waals surface area contributed by atoms with E-state index in [-0.39, 0.29) is 24.1 Å². The van der Waals surface area contributed by atoms with E-state index in [4.69, 9.17) is 0 Å². The first-order chi connectivity index (χ1) is 16.7. The fourth-order valence-corrected chi connectivity index (χ4v) is 4.17. The average molecular weight is 485 g/mol. The molecule has 188 valence electrons. The number of aliphatic hydroxyl groups excluding tert-OH is 1. The number of amides is 1.